The molecule has 1 fully saturated rings. The topological polar surface area (TPSA) is 19.0 Å². The van der Waals surface area contributed by atoms with Gasteiger partial charge in [-0.15, -0.1) is 0 Å². The molecule has 0 radical (unpaired) electrons. The zero-order chi connectivity index (χ0) is 12.0. The SMILES string of the molecule is CN1[C@@H](c2c[nH]c3ccccc23)CCC1(C)C. The van der Waals surface area contributed by atoms with E-state index in [-0.39, 0.29) is 0 Å². The number of likely N-dealkylation sites (tertiary alicyclic amines) is 1. The van der Waals surface area contributed by atoms with E-state index in [0.717, 1.165) is 0 Å². The monoisotopic (exact) mass is 228 g/mol. The van der Waals surface area contributed by atoms with Gasteiger partial charge in [-0.2, -0.15) is 0 Å². The van der Waals surface area contributed by atoms with Gasteiger partial charge in [-0.05, 0) is 45.4 Å². The number of fused-ring (bicyclic) bond motifs is 1. The first-order valence-electron chi connectivity index (χ1n) is 6.38. The first-order valence-corrected chi connectivity index (χ1v) is 6.38. The van der Waals surface area contributed by atoms with Crippen LogP contribution in [0.2, 0.25) is 0 Å². The fraction of sp³-hybridized carbons (Fsp3) is 0.467. The summed E-state index contributed by atoms with van der Waals surface area (Å²) in [6, 6.07) is 9.14. The number of para-hydroxylation sites is 1. The minimum absolute atomic E-state index is 0.322. The van der Waals surface area contributed by atoms with E-state index in [1.165, 1.54) is 29.3 Å². The predicted octanol–water partition coefficient (Wildman–Crippen LogP) is 3.71. The summed E-state index contributed by atoms with van der Waals surface area (Å²) in [4.78, 5) is 5.90. The molecule has 0 bridgehead atoms. The van der Waals surface area contributed by atoms with E-state index < -0.39 is 0 Å². The van der Waals surface area contributed by atoms with Crippen LogP contribution in [0.3, 0.4) is 0 Å². The summed E-state index contributed by atoms with van der Waals surface area (Å²) in [5.41, 5.74) is 3.03. The fourth-order valence-electron chi connectivity index (χ4n) is 3.02. The molecule has 2 nitrogen and oxygen atoms in total. The van der Waals surface area contributed by atoms with Gasteiger partial charge < -0.3 is 4.98 Å². The van der Waals surface area contributed by atoms with Crippen molar-refractivity contribution in [2.45, 2.75) is 38.3 Å². The van der Waals surface area contributed by atoms with E-state index in [1.54, 1.807) is 0 Å². The minimum Gasteiger partial charge on any atom is -0.361 e. The van der Waals surface area contributed by atoms with E-state index in [9.17, 15) is 0 Å². The summed E-state index contributed by atoms with van der Waals surface area (Å²) in [5, 5.41) is 1.38. The molecule has 3 rings (SSSR count). The van der Waals surface area contributed by atoms with E-state index in [2.05, 4.69) is 61.2 Å². The van der Waals surface area contributed by atoms with Gasteiger partial charge in [-0.25, -0.2) is 0 Å². The van der Waals surface area contributed by atoms with Gasteiger partial charge in [0.2, 0.25) is 0 Å². The Morgan fingerprint density at radius 3 is 2.76 bits per heavy atom. The molecule has 17 heavy (non-hydrogen) atoms. The van der Waals surface area contributed by atoms with E-state index in [0.29, 0.717) is 11.6 Å². The van der Waals surface area contributed by atoms with Crippen LogP contribution < -0.4 is 0 Å². The lowest BCUT2D eigenvalue weighted by molar-refractivity contribution is 0.170. The van der Waals surface area contributed by atoms with Gasteiger partial charge in [0.1, 0.15) is 0 Å². The predicted molar refractivity (Wildman–Crippen MR) is 72.1 cm³/mol. The third-order valence-corrected chi connectivity index (χ3v) is 4.43. The van der Waals surface area contributed by atoms with Crippen molar-refractivity contribution in [3.8, 4) is 0 Å². The number of hydrogen-bond donors (Lipinski definition) is 1. The van der Waals surface area contributed by atoms with Crippen molar-refractivity contribution in [1.29, 1.82) is 0 Å². The maximum Gasteiger partial charge on any atom is 0.0457 e. The highest BCUT2D eigenvalue weighted by atomic mass is 15.2. The molecule has 2 aromatic rings. The van der Waals surface area contributed by atoms with Crippen LogP contribution in [0.4, 0.5) is 0 Å². The lowest BCUT2D eigenvalue weighted by Crippen LogP contribution is -2.35. The molecule has 2 heteroatoms. The molecule has 1 N–H and O–H groups in total. The smallest absolute Gasteiger partial charge is 0.0457 e. The Labute approximate surface area is 103 Å². The Hall–Kier alpha value is -1.28. The molecule has 0 spiro atoms. The van der Waals surface area contributed by atoms with Crippen molar-refractivity contribution in [3.63, 3.8) is 0 Å². The van der Waals surface area contributed by atoms with Gasteiger partial charge in [0, 0.05) is 28.7 Å². The zero-order valence-corrected chi connectivity index (χ0v) is 10.8. The molecule has 1 aromatic carbocycles. The molecule has 0 aliphatic carbocycles. The second-order valence-electron chi connectivity index (χ2n) is 5.77. The van der Waals surface area contributed by atoms with Crippen molar-refractivity contribution in [3.05, 3.63) is 36.0 Å². The van der Waals surface area contributed by atoms with Gasteiger partial charge in [0.05, 0.1) is 0 Å². The number of H-pyrrole nitrogens is 1. The van der Waals surface area contributed by atoms with Crippen LogP contribution >= 0.6 is 0 Å². The molecule has 1 saturated heterocycles. The number of hydrogen-bond acceptors (Lipinski definition) is 1. The van der Waals surface area contributed by atoms with Crippen LogP contribution in [-0.2, 0) is 0 Å². The molecule has 1 aliphatic rings. The fourth-order valence-corrected chi connectivity index (χ4v) is 3.02. The van der Waals surface area contributed by atoms with Gasteiger partial charge in [-0.3, -0.25) is 4.90 Å². The third kappa shape index (κ3) is 1.59. The largest absolute Gasteiger partial charge is 0.361 e. The summed E-state index contributed by atoms with van der Waals surface area (Å²) in [6.45, 7) is 4.67. The van der Waals surface area contributed by atoms with E-state index >= 15 is 0 Å². The van der Waals surface area contributed by atoms with Gasteiger partial charge in [0.15, 0.2) is 0 Å². The molecule has 1 aliphatic heterocycles. The molecule has 0 unspecified atom stereocenters. The summed E-state index contributed by atoms with van der Waals surface area (Å²) in [7, 11) is 2.25. The molecule has 1 aromatic heterocycles. The van der Waals surface area contributed by atoms with Crippen molar-refractivity contribution in [2.75, 3.05) is 7.05 Å². The third-order valence-electron chi connectivity index (χ3n) is 4.43. The second kappa shape index (κ2) is 3.61. The molecule has 90 valence electrons. The average Bonchev–Trinajstić information content (AvgIpc) is 2.83. The van der Waals surface area contributed by atoms with Crippen molar-refractivity contribution in [1.82, 2.24) is 9.88 Å². The van der Waals surface area contributed by atoms with Crippen LogP contribution in [-0.4, -0.2) is 22.5 Å². The first-order chi connectivity index (χ1) is 8.09. The molecule has 0 amide bonds. The maximum absolute atomic E-state index is 3.39. The Bertz CT molecular complexity index is 539. The summed E-state index contributed by atoms with van der Waals surface area (Å²) < 4.78 is 0. The van der Waals surface area contributed by atoms with Crippen LogP contribution in [0.1, 0.15) is 38.3 Å². The maximum atomic E-state index is 3.39. The molecule has 2 heterocycles. The van der Waals surface area contributed by atoms with Crippen LogP contribution in [0.15, 0.2) is 30.5 Å². The van der Waals surface area contributed by atoms with Crippen LogP contribution in [0.25, 0.3) is 10.9 Å². The number of aromatic nitrogens is 1. The number of rotatable bonds is 1. The highest BCUT2D eigenvalue weighted by molar-refractivity contribution is 5.83. The van der Waals surface area contributed by atoms with Crippen LogP contribution in [0.5, 0.6) is 0 Å². The van der Waals surface area contributed by atoms with Crippen molar-refractivity contribution >= 4 is 10.9 Å². The second-order valence-corrected chi connectivity index (χ2v) is 5.77. The lowest BCUT2D eigenvalue weighted by Gasteiger charge is -2.31. The number of aromatic amines is 1. The summed E-state index contributed by atoms with van der Waals surface area (Å²) >= 11 is 0. The van der Waals surface area contributed by atoms with Crippen molar-refractivity contribution < 1.29 is 0 Å². The molecule has 0 saturated carbocycles. The van der Waals surface area contributed by atoms with Crippen LogP contribution in [0, 0.1) is 0 Å². The number of nitrogens with zero attached hydrogens (tertiary/aromatic N) is 1. The normalized spacial score (nSPS) is 24.5. The van der Waals surface area contributed by atoms with Crippen molar-refractivity contribution in [2.24, 2.45) is 0 Å². The molecule has 1 atom stereocenters. The zero-order valence-electron chi connectivity index (χ0n) is 10.8. The standard InChI is InChI=1S/C15H20N2/c1-15(2)9-8-14(17(15)3)12-10-16-13-7-5-4-6-11(12)13/h4-7,10,14,16H,8-9H2,1-3H3/t14-/m1/s1. The quantitative estimate of drug-likeness (QED) is 0.788. The van der Waals surface area contributed by atoms with E-state index in [4.69, 9.17) is 0 Å². The summed E-state index contributed by atoms with van der Waals surface area (Å²) in [6.07, 6.45) is 4.71. The number of benzene rings is 1. The average molecular weight is 228 g/mol. The Morgan fingerprint density at radius 2 is 2.06 bits per heavy atom. The first kappa shape index (κ1) is 10.8. The van der Waals surface area contributed by atoms with Gasteiger partial charge in [0.25, 0.3) is 0 Å². The van der Waals surface area contributed by atoms with Gasteiger partial charge in [-0.1, -0.05) is 18.2 Å². The highest BCUT2D eigenvalue weighted by Gasteiger charge is 2.37. The van der Waals surface area contributed by atoms with Gasteiger partial charge >= 0.3 is 0 Å². The minimum atomic E-state index is 0.322. The highest BCUT2D eigenvalue weighted by Crippen LogP contribution is 2.42. The Kier molecular flexibility index (Phi) is 2.30. The Balaban J connectivity index is 2.05. The molecular weight excluding hydrogens is 208 g/mol. The lowest BCUT2D eigenvalue weighted by atomic mass is 10.0. The molecular formula is C15H20N2. The number of nitrogens with one attached hydrogen (secondary N) is 1. The summed E-state index contributed by atoms with van der Waals surface area (Å²) in [5.74, 6) is 0. The van der Waals surface area contributed by atoms with E-state index in [1.807, 2.05) is 0 Å². The Morgan fingerprint density at radius 1 is 1.29 bits per heavy atom.